The lowest BCUT2D eigenvalue weighted by Gasteiger charge is -2.35. The van der Waals surface area contributed by atoms with Gasteiger partial charge in [0.1, 0.15) is 6.33 Å². The molecule has 1 unspecified atom stereocenters. The smallest absolute Gasteiger partial charge is 0.143 e. The number of benzene rings is 1. The maximum atomic E-state index is 3.98. The predicted molar refractivity (Wildman–Crippen MR) is 82.3 cm³/mol. The number of hydrogen-bond acceptors (Lipinski definition) is 5. The second kappa shape index (κ2) is 5.44. The van der Waals surface area contributed by atoms with Crippen LogP contribution in [0, 0.1) is 5.41 Å². The van der Waals surface area contributed by atoms with E-state index >= 15 is 0 Å². The van der Waals surface area contributed by atoms with E-state index in [1.165, 1.54) is 12.2 Å². The highest BCUT2D eigenvalue weighted by Crippen LogP contribution is 2.35. The van der Waals surface area contributed by atoms with Crippen molar-refractivity contribution in [3.05, 3.63) is 30.6 Å². The Labute approximate surface area is 123 Å². The molecule has 0 spiro atoms. The monoisotopic (exact) mass is 289 g/mol. The van der Waals surface area contributed by atoms with Gasteiger partial charge in [0.2, 0.25) is 0 Å². The molecule has 1 aromatic heterocycles. The van der Waals surface area contributed by atoms with Gasteiger partial charge in [0.25, 0.3) is 0 Å². The number of para-hydroxylation sites is 2. The summed E-state index contributed by atoms with van der Waals surface area (Å²) in [5, 5.41) is 15.1. The number of nitrogens with one attached hydrogen (secondary N) is 1. The van der Waals surface area contributed by atoms with Crippen molar-refractivity contribution in [3.8, 4) is 5.69 Å². The van der Waals surface area contributed by atoms with Crippen molar-refractivity contribution in [1.82, 2.24) is 20.2 Å². The van der Waals surface area contributed by atoms with Crippen LogP contribution in [-0.4, -0.2) is 37.8 Å². The van der Waals surface area contributed by atoms with Crippen LogP contribution in [0.5, 0.6) is 0 Å². The van der Waals surface area contributed by atoms with Crippen LogP contribution in [0.2, 0.25) is 0 Å². The third-order valence-electron chi connectivity index (χ3n) is 3.47. The van der Waals surface area contributed by atoms with Crippen molar-refractivity contribution < 1.29 is 0 Å². The molecule has 1 saturated heterocycles. The van der Waals surface area contributed by atoms with Gasteiger partial charge in [-0.05, 0) is 40.1 Å². The van der Waals surface area contributed by atoms with Crippen molar-refractivity contribution >= 4 is 17.4 Å². The Hall–Kier alpha value is -1.56. The molecule has 20 heavy (non-hydrogen) atoms. The summed E-state index contributed by atoms with van der Waals surface area (Å²) in [5.41, 5.74) is 2.47. The zero-order valence-corrected chi connectivity index (χ0v) is 12.6. The van der Waals surface area contributed by atoms with E-state index in [0.717, 1.165) is 17.1 Å². The van der Waals surface area contributed by atoms with E-state index in [1.54, 1.807) is 11.0 Å². The van der Waals surface area contributed by atoms with Gasteiger partial charge in [-0.2, -0.15) is 16.4 Å². The first kappa shape index (κ1) is 13.4. The number of aromatic nitrogens is 4. The number of thioether (sulfide) groups is 1. The zero-order valence-electron chi connectivity index (χ0n) is 11.8. The maximum Gasteiger partial charge on any atom is 0.143 e. The second-order valence-corrected chi connectivity index (χ2v) is 7.03. The average Bonchev–Trinajstić information content (AvgIpc) is 2.92. The van der Waals surface area contributed by atoms with Gasteiger partial charge in [-0.1, -0.05) is 26.0 Å². The SMILES string of the molecule is CC1(C)CSCC(Nc2ccccc2-n2cnnn2)C1. The van der Waals surface area contributed by atoms with E-state index in [4.69, 9.17) is 0 Å². The molecule has 1 N–H and O–H groups in total. The molecule has 1 aliphatic rings. The van der Waals surface area contributed by atoms with Gasteiger partial charge >= 0.3 is 0 Å². The van der Waals surface area contributed by atoms with E-state index in [0.29, 0.717) is 11.5 Å². The minimum Gasteiger partial charge on any atom is -0.380 e. The fraction of sp³-hybridized carbons (Fsp3) is 0.500. The normalized spacial score (nSPS) is 21.6. The van der Waals surface area contributed by atoms with E-state index in [2.05, 4.69) is 40.8 Å². The van der Waals surface area contributed by atoms with Crippen LogP contribution < -0.4 is 5.32 Å². The van der Waals surface area contributed by atoms with Gasteiger partial charge < -0.3 is 5.32 Å². The molecule has 1 atom stereocenters. The number of anilines is 1. The molecule has 5 nitrogen and oxygen atoms in total. The van der Waals surface area contributed by atoms with E-state index in [1.807, 2.05) is 30.0 Å². The maximum absolute atomic E-state index is 3.98. The van der Waals surface area contributed by atoms with Crippen LogP contribution in [0.3, 0.4) is 0 Å². The van der Waals surface area contributed by atoms with Gasteiger partial charge in [-0.15, -0.1) is 5.10 Å². The Bertz CT molecular complexity index is 567. The Morgan fingerprint density at radius 2 is 2.20 bits per heavy atom. The minimum atomic E-state index is 0.393. The fourth-order valence-electron chi connectivity index (χ4n) is 2.64. The van der Waals surface area contributed by atoms with E-state index < -0.39 is 0 Å². The van der Waals surface area contributed by atoms with Crippen molar-refractivity contribution in [2.45, 2.75) is 26.3 Å². The molecule has 1 fully saturated rings. The third kappa shape index (κ3) is 2.95. The predicted octanol–water partition coefficient (Wildman–Crippen LogP) is 2.61. The third-order valence-corrected chi connectivity index (χ3v) is 5.09. The Morgan fingerprint density at radius 3 is 2.95 bits per heavy atom. The highest BCUT2D eigenvalue weighted by atomic mass is 32.2. The Balaban J connectivity index is 1.81. The molecule has 1 aliphatic heterocycles. The lowest BCUT2D eigenvalue weighted by Crippen LogP contribution is -2.35. The molecule has 0 amide bonds. The van der Waals surface area contributed by atoms with Crippen LogP contribution in [0.25, 0.3) is 5.69 Å². The van der Waals surface area contributed by atoms with Crippen LogP contribution in [0.4, 0.5) is 5.69 Å². The molecular formula is C14H19N5S. The van der Waals surface area contributed by atoms with Crippen LogP contribution in [0.15, 0.2) is 30.6 Å². The van der Waals surface area contributed by atoms with Crippen LogP contribution in [-0.2, 0) is 0 Å². The van der Waals surface area contributed by atoms with Gasteiger partial charge in [-0.25, -0.2) is 0 Å². The topological polar surface area (TPSA) is 55.6 Å². The molecule has 2 aromatic rings. The van der Waals surface area contributed by atoms with Gasteiger partial charge in [-0.3, -0.25) is 0 Å². The van der Waals surface area contributed by atoms with Crippen molar-refractivity contribution in [1.29, 1.82) is 0 Å². The van der Waals surface area contributed by atoms with Crippen molar-refractivity contribution in [3.63, 3.8) is 0 Å². The van der Waals surface area contributed by atoms with Gasteiger partial charge in [0.05, 0.1) is 11.4 Å². The van der Waals surface area contributed by atoms with E-state index in [-0.39, 0.29) is 0 Å². The molecule has 0 bridgehead atoms. The molecule has 2 heterocycles. The summed E-state index contributed by atoms with van der Waals surface area (Å²) in [6.07, 6.45) is 2.81. The summed E-state index contributed by atoms with van der Waals surface area (Å²) >= 11 is 2.02. The zero-order chi connectivity index (χ0) is 14.0. The fourth-order valence-corrected chi connectivity index (χ4v) is 3.92. The molecule has 1 aromatic carbocycles. The van der Waals surface area contributed by atoms with E-state index in [9.17, 15) is 0 Å². The number of hydrogen-bond donors (Lipinski definition) is 1. The largest absolute Gasteiger partial charge is 0.380 e. The first-order valence-corrected chi connectivity index (χ1v) is 7.96. The lowest BCUT2D eigenvalue weighted by atomic mass is 9.87. The summed E-state index contributed by atoms with van der Waals surface area (Å²) in [4.78, 5) is 0. The summed E-state index contributed by atoms with van der Waals surface area (Å²) in [6, 6.07) is 8.64. The van der Waals surface area contributed by atoms with Crippen molar-refractivity contribution in [2.24, 2.45) is 5.41 Å². The quantitative estimate of drug-likeness (QED) is 0.941. The number of nitrogens with zero attached hydrogens (tertiary/aromatic N) is 4. The molecule has 0 saturated carbocycles. The highest BCUT2D eigenvalue weighted by molar-refractivity contribution is 7.99. The lowest BCUT2D eigenvalue weighted by molar-refractivity contribution is 0.358. The molecule has 3 rings (SSSR count). The second-order valence-electron chi connectivity index (χ2n) is 6.00. The van der Waals surface area contributed by atoms with Crippen molar-refractivity contribution in [2.75, 3.05) is 16.8 Å². The summed E-state index contributed by atoms with van der Waals surface area (Å²) in [5.74, 6) is 2.38. The molecule has 6 heteroatoms. The average molecular weight is 289 g/mol. The highest BCUT2D eigenvalue weighted by Gasteiger charge is 2.28. The summed E-state index contributed by atoms with van der Waals surface area (Å²) in [6.45, 7) is 4.67. The van der Waals surface area contributed by atoms with Crippen LogP contribution in [0.1, 0.15) is 20.3 Å². The summed E-state index contributed by atoms with van der Waals surface area (Å²) < 4.78 is 1.70. The molecule has 106 valence electrons. The minimum absolute atomic E-state index is 0.393. The van der Waals surface area contributed by atoms with Crippen LogP contribution >= 0.6 is 11.8 Å². The molecular weight excluding hydrogens is 270 g/mol. The Morgan fingerprint density at radius 1 is 1.35 bits per heavy atom. The Kier molecular flexibility index (Phi) is 3.65. The molecule has 0 aliphatic carbocycles. The number of tetrazole rings is 1. The molecule has 0 radical (unpaired) electrons. The van der Waals surface area contributed by atoms with Gasteiger partial charge in [0.15, 0.2) is 0 Å². The first-order valence-electron chi connectivity index (χ1n) is 6.81. The number of rotatable bonds is 3. The summed E-state index contributed by atoms with van der Waals surface area (Å²) in [7, 11) is 0. The first-order chi connectivity index (χ1) is 9.64. The van der Waals surface area contributed by atoms with Gasteiger partial charge in [0, 0.05) is 11.8 Å². The standard InChI is InChI=1S/C14H19N5S/c1-14(2)7-11(8-20-9-14)16-12-5-3-4-6-13(12)19-10-15-17-18-19/h3-6,10-11,16H,7-9H2,1-2H3.